The zero-order valence-electron chi connectivity index (χ0n) is 11.3. The van der Waals surface area contributed by atoms with Crippen molar-refractivity contribution in [3.8, 4) is 0 Å². The van der Waals surface area contributed by atoms with Crippen molar-refractivity contribution in [2.75, 3.05) is 6.26 Å². The highest BCUT2D eigenvalue weighted by Gasteiger charge is 2.12. The predicted octanol–water partition coefficient (Wildman–Crippen LogP) is 2.59. The molecule has 1 unspecified atom stereocenters. The molecule has 0 aliphatic rings. The molecular formula is C15H16FNO2S. The molecule has 2 rings (SSSR count). The molecule has 20 heavy (non-hydrogen) atoms. The fourth-order valence-corrected chi connectivity index (χ4v) is 2.61. The van der Waals surface area contributed by atoms with E-state index in [0.717, 1.165) is 17.4 Å². The third-order valence-corrected chi connectivity index (χ3v) is 4.34. The molecule has 5 heteroatoms. The van der Waals surface area contributed by atoms with Gasteiger partial charge in [-0.1, -0.05) is 24.3 Å². The van der Waals surface area contributed by atoms with Crippen LogP contribution in [0.3, 0.4) is 0 Å². The van der Waals surface area contributed by atoms with Crippen LogP contribution in [0.5, 0.6) is 0 Å². The van der Waals surface area contributed by atoms with Crippen LogP contribution >= 0.6 is 0 Å². The van der Waals surface area contributed by atoms with Gasteiger partial charge in [0.05, 0.1) is 10.9 Å². The fraction of sp³-hybridized carbons (Fsp3) is 0.200. The van der Waals surface area contributed by atoms with E-state index in [-0.39, 0.29) is 10.7 Å². The minimum Gasteiger partial charge on any atom is -0.320 e. The molecule has 0 aromatic heterocycles. The molecule has 2 N–H and O–H groups in total. The zero-order valence-corrected chi connectivity index (χ0v) is 12.1. The second-order valence-electron chi connectivity index (χ2n) is 4.83. The van der Waals surface area contributed by atoms with E-state index in [1.54, 1.807) is 31.2 Å². The van der Waals surface area contributed by atoms with Gasteiger partial charge >= 0.3 is 0 Å². The Labute approximate surface area is 118 Å². The highest BCUT2D eigenvalue weighted by Crippen LogP contribution is 2.22. The largest absolute Gasteiger partial charge is 0.320 e. The van der Waals surface area contributed by atoms with Gasteiger partial charge in [0.1, 0.15) is 5.82 Å². The van der Waals surface area contributed by atoms with Crippen LogP contribution in [0, 0.1) is 12.7 Å². The van der Waals surface area contributed by atoms with E-state index in [2.05, 4.69) is 0 Å². The molecule has 0 amide bonds. The van der Waals surface area contributed by atoms with Gasteiger partial charge in [-0.25, -0.2) is 12.8 Å². The Morgan fingerprint density at radius 3 is 2.10 bits per heavy atom. The van der Waals surface area contributed by atoms with E-state index in [0.29, 0.717) is 5.56 Å². The Morgan fingerprint density at radius 2 is 1.60 bits per heavy atom. The summed E-state index contributed by atoms with van der Waals surface area (Å²) in [5.41, 5.74) is 8.22. The molecular weight excluding hydrogens is 277 g/mol. The monoisotopic (exact) mass is 293 g/mol. The second kappa shape index (κ2) is 5.34. The van der Waals surface area contributed by atoms with Gasteiger partial charge in [0.15, 0.2) is 9.84 Å². The number of rotatable bonds is 3. The Bertz CT molecular complexity index is 724. The van der Waals surface area contributed by atoms with Crippen LogP contribution in [0.15, 0.2) is 47.4 Å². The first kappa shape index (κ1) is 14.7. The summed E-state index contributed by atoms with van der Waals surface area (Å²) in [5.74, 6) is -0.270. The molecule has 0 spiro atoms. The maximum atomic E-state index is 13.2. The van der Waals surface area contributed by atoms with Crippen molar-refractivity contribution in [2.45, 2.75) is 17.9 Å². The van der Waals surface area contributed by atoms with E-state index in [1.165, 1.54) is 18.2 Å². The van der Waals surface area contributed by atoms with Gasteiger partial charge < -0.3 is 5.73 Å². The smallest absolute Gasteiger partial charge is 0.175 e. The number of halogens is 1. The molecule has 0 bridgehead atoms. The maximum absolute atomic E-state index is 13.2. The number of hydrogen-bond acceptors (Lipinski definition) is 3. The van der Waals surface area contributed by atoms with Crippen LogP contribution < -0.4 is 5.73 Å². The lowest BCUT2D eigenvalue weighted by Gasteiger charge is -2.14. The SMILES string of the molecule is Cc1cc(C(N)c2ccc(S(C)(=O)=O)cc2)ccc1F. The molecule has 0 aliphatic carbocycles. The highest BCUT2D eigenvalue weighted by atomic mass is 32.2. The Morgan fingerprint density at radius 1 is 1.05 bits per heavy atom. The third-order valence-electron chi connectivity index (χ3n) is 3.21. The standard InChI is InChI=1S/C15H16FNO2S/c1-10-9-12(5-8-14(10)16)15(17)11-3-6-13(7-4-11)20(2,18)19/h3-9,15H,17H2,1-2H3. The summed E-state index contributed by atoms with van der Waals surface area (Å²) in [6.45, 7) is 1.68. The number of hydrogen-bond donors (Lipinski definition) is 1. The van der Waals surface area contributed by atoms with Gasteiger partial charge in [0.25, 0.3) is 0 Å². The van der Waals surface area contributed by atoms with Crippen molar-refractivity contribution in [3.63, 3.8) is 0 Å². The minimum absolute atomic E-state index is 0.253. The molecule has 0 heterocycles. The lowest BCUT2D eigenvalue weighted by molar-refractivity contribution is 0.601. The van der Waals surface area contributed by atoms with Crippen molar-refractivity contribution >= 4 is 9.84 Å². The van der Waals surface area contributed by atoms with Crippen LogP contribution in [-0.2, 0) is 9.84 Å². The highest BCUT2D eigenvalue weighted by molar-refractivity contribution is 7.90. The zero-order chi connectivity index (χ0) is 14.9. The van der Waals surface area contributed by atoms with E-state index in [4.69, 9.17) is 5.73 Å². The van der Waals surface area contributed by atoms with Crippen molar-refractivity contribution in [1.29, 1.82) is 0 Å². The molecule has 0 saturated carbocycles. The first-order valence-corrected chi connectivity index (χ1v) is 8.00. The topological polar surface area (TPSA) is 60.2 Å². The lowest BCUT2D eigenvalue weighted by atomic mass is 9.98. The van der Waals surface area contributed by atoms with Crippen molar-refractivity contribution < 1.29 is 12.8 Å². The van der Waals surface area contributed by atoms with E-state index in [1.807, 2.05) is 0 Å². The molecule has 2 aromatic rings. The second-order valence-corrected chi connectivity index (χ2v) is 6.84. The van der Waals surface area contributed by atoms with Crippen LogP contribution in [0.1, 0.15) is 22.7 Å². The van der Waals surface area contributed by atoms with Crippen LogP contribution in [-0.4, -0.2) is 14.7 Å². The van der Waals surface area contributed by atoms with Crippen molar-refractivity contribution in [1.82, 2.24) is 0 Å². The van der Waals surface area contributed by atoms with E-state index < -0.39 is 15.9 Å². The van der Waals surface area contributed by atoms with Gasteiger partial charge in [-0.3, -0.25) is 0 Å². The number of benzene rings is 2. The van der Waals surface area contributed by atoms with Gasteiger partial charge in [0.2, 0.25) is 0 Å². The molecule has 106 valence electrons. The van der Waals surface area contributed by atoms with Gasteiger partial charge in [0, 0.05) is 6.26 Å². The normalized spacial score (nSPS) is 13.2. The summed E-state index contributed by atoms with van der Waals surface area (Å²) in [5, 5.41) is 0. The summed E-state index contributed by atoms with van der Waals surface area (Å²) < 4.78 is 36.0. The molecule has 3 nitrogen and oxygen atoms in total. The first-order valence-electron chi connectivity index (χ1n) is 6.10. The van der Waals surface area contributed by atoms with Gasteiger partial charge in [-0.2, -0.15) is 0 Å². The Kier molecular flexibility index (Phi) is 3.92. The van der Waals surface area contributed by atoms with Crippen LogP contribution in [0.25, 0.3) is 0 Å². The minimum atomic E-state index is -3.21. The van der Waals surface area contributed by atoms with Crippen molar-refractivity contribution in [3.05, 3.63) is 65.0 Å². The van der Waals surface area contributed by atoms with Crippen LogP contribution in [0.4, 0.5) is 4.39 Å². The summed E-state index contributed by atoms with van der Waals surface area (Å²) in [6, 6.07) is 10.7. The quantitative estimate of drug-likeness (QED) is 0.946. The molecule has 0 radical (unpaired) electrons. The number of aryl methyl sites for hydroxylation is 1. The van der Waals surface area contributed by atoms with Crippen molar-refractivity contribution in [2.24, 2.45) is 5.73 Å². The summed E-state index contributed by atoms with van der Waals surface area (Å²) in [7, 11) is -3.21. The summed E-state index contributed by atoms with van der Waals surface area (Å²) in [6.07, 6.45) is 1.16. The molecule has 2 aromatic carbocycles. The first-order chi connectivity index (χ1) is 9.29. The van der Waals surface area contributed by atoms with Crippen LogP contribution in [0.2, 0.25) is 0 Å². The van der Waals surface area contributed by atoms with E-state index in [9.17, 15) is 12.8 Å². The Balaban J connectivity index is 2.33. The fourth-order valence-electron chi connectivity index (χ4n) is 1.98. The molecule has 1 atom stereocenters. The number of sulfone groups is 1. The van der Waals surface area contributed by atoms with E-state index >= 15 is 0 Å². The summed E-state index contributed by atoms with van der Waals surface area (Å²) >= 11 is 0. The number of nitrogens with two attached hydrogens (primary N) is 1. The predicted molar refractivity (Wildman–Crippen MR) is 76.7 cm³/mol. The Hall–Kier alpha value is -1.72. The van der Waals surface area contributed by atoms with Gasteiger partial charge in [-0.05, 0) is 41.8 Å². The average Bonchev–Trinajstić information content (AvgIpc) is 2.40. The van der Waals surface area contributed by atoms with Gasteiger partial charge in [-0.15, -0.1) is 0 Å². The average molecular weight is 293 g/mol. The molecule has 0 aliphatic heterocycles. The molecule has 0 saturated heterocycles. The lowest BCUT2D eigenvalue weighted by Crippen LogP contribution is -2.12. The molecule has 0 fully saturated rings. The maximum Gasteiger partial charge on any atom is 0.175 e. The third kappa shape index (κ3) is 3.05. The summed E-state index contributed by atoms with van der Waals surface area (Å²) in [4.78, 5) is 0.253.